The number of alkyl halides is 1. The fraction of sp³-hybridized carbons (Fsp3) is 0.684. The molecule has 1 aliphatic heterocycles. The number of amides is 1. The van der Waals surface area contributed by atoms with E-state index in [-0.39, 0.29) is 28.9 Å². The van der Waals surface area contributed by atoms with Crippen LogP contribution in [0.25, 0.3) is 11.0 Å². The van der Waals surface area contributed by atoms with Crippen molar-refractivity contribution in [3.63, 3.8) is 0 Å². The van der Waals surface area contributed by atoms with E-state index in [1.165, 1.54) is 0 Å². The van der Waals surface area contributed by atoms with E-state index in [1.54, 1.807) is 18.0 Å². The molecule has 2 N–H and O–H groups in total. The number of anilines is 1. The standard InChI is InChI=1S/C19H25FN6O2/c1-11(17(28)25-9-19(10-25)6-12(20)7-19)22-18-23-15-14(16(27)24-18)8-21-26(15)13-4-2-3-5-13/h8,11-13H,2-7,9-10H2,1H3,(H2,22,23,24,27)/t11-/m1/s1. The highest BCUT2D eigenvalue weighted by Gasteiger charge is 2.54. The molecule has 1 spiro atoms. The smallest absolute Gasteiger partial charge is 0.263 e. The predicted molar refractivity (Wildman–Crippen MR) is 102 cm³/mol. The molecule has 3 heterocycles. The normalized spacial score (nSPS) is 23.0. The summed E-state index contributed by atoms with van der Waals surface area (Å²) in [6, 6.07) is -0.250. The number of aromatic amines is 1. The lowest BCUT2D eigenvalue weighted by Crippen LogP contribution is -2.66. The number of likely N-dealkylation sites (tertiary alicyclic amines) is 1. The lowest BCUT2D eigenvalue weighted by Gasteiger charge is -2.57. The minimum absolute atomic E-state index is 0.00799. The summed E-state index contributed by atoms with van der Waals surface area (Å²) in [6.45, 7) is 3.00. The van der Waals surface area contributed by atoms with Gasteiger partial charge in [0.15, 0.2) is 5.65 Å². The lowest BCUT2D eigenvalue weighted by molar-refractivity contribution is -0.156. The van der Waals surface area contributed by atoms with Crippen molar-refractivity contribution in [2.24, 2.45) is 5.41 Å². The van der Waals surface area contributed by atoms with Crippen LogP contribution in [0.15, 0.2) is 11.0 Å². The zero-order chi connectivity index (χ0) is 19.5. The van der Waals surface area contributed by atoms with Crippen molar-refractivity contribution in [1.82, 2.24) is 24.6 Å². The van der Waals surface area contributed by atoms with Gasteiger partial charge in [0.05, 0.1) is 12.2 Å². The minimum atomic E-state index is -0.710. The Labute approximate surface area is 161 Å². The van der Waals surface area contributed by atoms with Crippen LogP contribution in [0.4, 0.5) is 10.3 Å². The van der Waals surface area contributed by atoms with Crippen LogP contribution in [0.2, 0.25) is 0 Å². The molecule has 2 aromatic rings. The largest absolute Gasteiger partial charge is 0.344 e. The van der Waals surface area contributed by atoms with E-state index in [0.29, 0.717) is 37.0 Å². The molecule has 1 saturated heterocycles. The Morgan fingerprint density at radius 3 is 2.75 bits per heavy atom. The first-order valence-electron chi connectivity index (χ1n) is 10.1. The first-order valence-corrected chi connectivity index (χ1v) is 10.1. The summed E-state index contributed by atoms with van der Waals surface area (Å²) in [4.78, 5) is 34.1. The third-order valence-electron chi connectivity index (χ3n) is 6.53. The van der Waals surface area contributed by atoms with Crippen LogP contribution in [0.5, 0.6) is 0 Å². The van der Waals surface area contributed by atoms with Gasteiger partial charge in [-0.3, -0.25) is 14.6 Å². The molecule has 2 saturated carbocycles. The number of rotatable bonds is 4. The highest BCUT2D eigenvalue weighted by atomic mass is 19.1. The van der Waals surface area contributed by atoms with E-state index in [2.05, 4.69) is 20.4 Å². The summed E-state index contributed by atoms with van der Waals surface area (Å²) < 4.78 is 15.0. The number of nitrogens with one attached hydrogen (secondary N) is 2. The zero-order valence-electron chi connectivity index (χ0n) is 15.9. The number of H-pyrrole nitrogens is 1. The van der Waals surface area contributed by atoms with Crippen molar-refractivity contribution in [1.29, 1.82) is 0 Å². The molecule has 0 unspecified atom stereocenters. The van der Waals surface area contributed by atoms with Gasteiger partial charge in [-0.2, -0.15) is 10.1 Å². The van der Waals surface area contributed by atoms with E-state index >= 15 is 0 Å². The number of hydrogen-bond donors (Lipinski definition) is 2. The van der Waals surface area contributed by atoms with E-state index in [1.807, 2.05) is 4.68 Å². The molecule has 0 bridgehead atoms. The van der Waals surface area contributed by atoms with E-state index in [4.69, 9.17) is 0 Å². The van der Waals surface area contributed by atoms with Crippen molar-refractivity contribution < 1.29 is 9.18 Å². The van der Waals surface area contributed by atoms with Crippen LogP contribution >= 0.6 is 0 Å². The van der Waals surface area contributed by atoms with Crippen LogP contribution in [-0.2, 0) is 4.79 Å². The summed E-state index contributed by atoms with van der Waals surface area (Å²) in [6.07, 6.45) is 6.38. The van der Waals surface area contributed by atoms with Gasteiger partial charge in [0.2, 0.25) is 11.9 Å². The SMILES string of the molecule is C[C@@H](Nc1nc2c(cnn2C2CCCC2)c(=O)[nH]1)C(=O)N1CC2(CC(F)C2)C1. The molecule has 2 aliphatic carbocycles. The molecule has 2 aromatic heterocycles. The first kappa shape index (κ1) is 17.6. The number of hydrogen-bond acceptors (Lipinski definition) is 5. The summed E-state index contributed by atoms with van der Waals surface area (Å²) in [5.41, 5.74) is 0.306. The molecule has 8 nitrogen and oxygen atoms in total. The van der Waals surface area contributed by atoms with Gasteiger partial charge >= 0.3 is 0 Å². The van der Waals surface area contributed by atoms with Gasteiger partial charge in [0, 0.05) is 18.5 Å². The van der Waals surface area contributed by atoms with Crippen molar-refractivity contribution >= 4 is 22.9 Å². The Morgan fingerprint density at radius 1 is 1.36 bits per heavy atom. The van der Waals surface area contributed by atoms with Crippen LogP contribution < -0.4 is 10.9 Å². The van der Waals surface area contributed by atoms with Gasteiger partial charge < -0.3 is 10.2 Å². The summed E-state index contributed by atoms with van der Waals surface area (Å²) in [5.74, 6) is 0.223. The Hall–Kier alpha value is -2.45. The average Bonchev–Trinajstić information content (AvgIpc) is 3.25. The maximum absolute atomic E-state index is 13.1. The molecule has 1 atom stereocenters. The molecular formula is C19H25FN6O2. The summed E-state index contributed by atoms with van der Waals surface area (Å²) in [5, 5.41) is 7.88. The summed E-state index contributed by atoms with van der Waals surface area (Å²) in [7, 11) is 0. The second-order valence-corrected chi connectivity index (χ2v) is 8.75. The van der Waals surface area contributed by atoms with Crippen LogP contribution in [0.1, 0.15) is 51.5 Å². The monoisotopic (exact) mass is 388 g/mol. The van der Waals surface area contributed by atoms with Crippen LogP contribution in [0, 0.1) is 5.41 Å². The fourth-order valence-corrected chi connectivity index (χ4v) is 5.02. The Bertz CT molecular complexity index is 964. The number of nitrogens with zero attached hydrogens (tertiary/aromatic N) is 4. The Balaban J connectivity index is 1.31. The van der Waals surface area contributed by atoms with Gasteiger partial charge in [-0.15, -0.1) is 0 Å². The molecule has 0 aromatic carbocycles. The molecule has 9 heteroatoms. The van der Waals surface area contributed by atoms with Gasteiger partial charge in [-0.05, 0) is 32.6 Å². The van der Waals surface area contributed by atoms with E-state index < -0.39 is 12.2 Å². The van der Waals surface area contributed by atoms with E-state index in [0.717, 1.165) is 25.7 Å². The van der Waals surface area contributed by atoms with Gasteiger partial charge in [0.1, 0.15) is 17.6 Å². The van der Waals surface area contributed by atoms with Crippen LogP contribution in [0.3, 0.4) is 0 Å². The predicted octanol–water partition coefficient (Wildman–Crippen LogP) is 2.00. The lowest BCUT2D eigenvalue weighted by atomic mass is 9.62. The molecule has 1 amide bonds. The third kappa shape index (κ3) is 2.79. The maximum atomic E-state index is 13.1. The van der Waals surface area contributed by atoms with Crippen LogP contribution in [-0.4, -0.2) is 55.9 Å². The molecule has 3 aliphatic rings. The number of carbonyl (C=O) groups is 1. The quantitative estimate of drug-likeness (QED) is 0.835. The van der Waals surface area contributed by atoms with Gasteiger partial charge in [0.25, 0.3) is 5.56 Å². The van der Waals surface area contributed by atoms with Crippen molar-refractivity contribution in [3.8, 4) is 0 Å². The third-order valence-corrected chi connectivity index (χ3v) is 6.53. The molecule has 0 radical (unpaired) electrons. The van der Waals surface area contributed by atoms with Crippen molar-refractivity contribution in [3.05, 3.63) is 16.6 Å². The van der Waals surface area contributed by atoms with Gasteiger partial charge in [-0.25, -0.2) is 9.07 Å². The number of fused-ring (bicyclic) bond motifs is 1. The Kier molecular flexibility index (Phi) is 3.96. The topological polar surface area (TPSA) is 95.9 Å². The molecular weight excluding hydrogens is 363 g/mol. The molecule has 150 valence electrons. The first-order chi connectivity index (χ1) is 13.4. The number of aromatic nitrogens is 4. The fourth-order valence-electron chi connectivity index (χ4n) is 5.02. The second kappa shape index (κ2) is 6.28. The van der Waals surface area contributed by atoms with E-state index in [9.17, 15) is 14.0 Å². The second-order valence-electron chi connectivity index (χ2n) is 8.75. The number of halogens is 1. The average molecular weight is 388 g/mol. The zero-order valence-corrected chi connectivity index (χ0v) is 15.9. The van der Waals surface area contributed by atoms with Gasteiger partial charge in [-0.1, -0.05) is 12.8 Å². The molecule has 3 fully saturated rings. The minimum Gasteiger partial charge on any atom is -0.344 e. The highest BCUT2D eigenvalue weighted by Crippen LogP contribution is 2.49. The molecule has 28 heavy (non-hydrogen) atoms. The maximum Gasteiger partial charge on any atom is 0.263 e. The summed E-state index contributed by atoms with van der Waals surface area (Å²) >= 11 is 0. The highest BCUT2D eigenvalue weighted by molar-refractivity contribution is 5.85. The van der Waals surface area contributed by atoms with Crippen molar-refractivity contribution in [2.75, 3.05) is 18.4 Å². The molecule has 5 rings (SSSR count). The number of carbonyl (C=O) groups excluding carboxylic acids is 1. The van der Waals surface area contributed by atoms with Crippen molar-refractivity contribution in [2.45, 2.75) is 63.7 Å². The Morgan fingerprint density at radius 2 is 2.07 bits per heavy atom.